The third-order valence-electron chi connectivity index (χ3n) is 5.58. The Hall–Kier alpha value is -3.00. The van der Waals surface area contributed by atoms with Gasteiger partial charge in [-0.2, -0.15) is 5.10 Å². The van der Waals surface area contributed by atoms with E-state index in [4.69, 9.17) is 9.72 Å². The molecule has 144 valence electrons. The minimum Gasteiger partial charge on any atom is -0.381 e. The van der Waals surface area contributed by atoms with Gasteiger partial charge in [0.25, 0.3) is 0 Å². The molecule has 1 aromatic carbocycles. The van der Waals surface area contributed by atoms with Crippen LogP contribution in [-0.2, 0) is 9.53 Å². The zero-order chi connectivity index (χ0) is 18.9. The predicted molar refractivity (Wildman–Crippen MR) is 106 cm³/mol. The average Bonchev–Trinajstić information content (AvgIpc) is 3.22. The van der Waals surface area contributed by atoms with Gasteiger partial charge in [-0.1, -0.05) is 12.1 Å². The molecule has 2 N–H and O–H groups in total. The van der Waals surface area contributed by atoms with Crippen LogP contribution in [-0.4, -0.2) is 52.4 Å². The van der Waals surface area contributed by atoms with Gasteiger partial charge in [-0.3, -0.25) is 14.8 Å². The maximum atomic E-state index is 12.6. The zero-order valence-corrected chi connectivity index (χ0v) is 15.5. The first-order valence-electron chi connectivity index (χ1n) is 9.71. The van der Waals surface area contributed by atoms with E-state index in [-0.39, 0.29) is 12.5 Å². The molecule has 8 heteroatoms. The van der Waals surface area contributed by atoms with Gasteiger partial charge in [0.15, 0.2) is 11.6 Å². The summed E-state index contributed by atoms with van der Waals surface area (Å²) in [5.74, 6) is 1.90. The van der Waals surface area contributed by atoms with Crippen molar-refractivity contribution in [1.29, 1.82) is 0 Å². The van der Waals surface area contributed by atoms with Crippen LogP contribution in [0.25, 0.3) is 22.2 Å². The lowest BCUT2D eigenvalue weighted by Crippen LogP contribution is -2.42. The van der Waals surface area contributed by atoms with Crippen LogP contribution in [0.5, 0.6) is 0 Å². The van der Waals surface area contributed by atoms with E-state index >= 15 is 0 Å². The van der Waals surface area contributed by atoms with E-state index in [9.17, 15) is 4.79 Å². The summed E-state index contributed by atoms with van der Waals surface area (Å²) < 4.78 is 5.44. The van der Waals surface area contributed by atoms with Crippen LogP contribution in [0, 0.1) is 5.92 Å². The molecule has 2 aliphatic rings. The number of nitrogens with one attached hydrogen (secondary N) is 2. The van der Waals surface area contributed by atoms with E-state index in [1.54, 1.807) is 17.3 Å². The van der Waals surface area contributed by atoms with Gasteiger partial charge in [0, 0.05) is 30.7 Å². The van der Waals surface area contributed by atoms with Gasteiger partial charge in [0.1, 0.15) is 0 Å². The number of H-pyrrole nitrogens is 1. The average molecular weight is 378 g/mol. The number of anilines is 2. The van der Waals surface area contributed by atoms with Crippen molar-refractivity contribution in [3.63, 3.8) is 0 Å². The van der Waals surface area contributed by atoms with E-state index < -0.39 is 0 Å². The molecular weight excluding hydrogens is 356 g/mol. The Bertz CT molecular complexity index is 1010. The molecule has 8 nitrogen and oxygen atoms in total. The van der Waals surface area contributed by atoms with Crippen LogP contribution in [0.1, 0.15) is 19.3 Å². The molecule has 1 saturated heterocycles. The van der Waals surface area contributed by atoms with Gasteiger partial charge < -0.3 is 10.1 Å². The van der Waals surface area contributed by atoms with Gasteiger partial charge in [0.05, 0.1) is 30.1 Å². The normalized spacial score (nSPS) is 17.6. The van der Waals surface area contributed by atoms with Gasteiger partial charge in [-0.15, -0.1) is 0 Å². The molecule has 0 spiro atoms. The molecule has 0 atom stereocenters. The van der Waals surface area contributed by atoms with Crippen LogP contribution in [0.3, 0.4) is 0 Å². The molecule has 2 aromatic heterocycles. The summed E-state index contributed by atoms with van der Waals surface area (Å²) in [6, 6.07) is 5.94. The molecule has 0 unspecified atom stereocenters. The van der Waals surface area contributed by atoms with Crippen LogP contribution < -0.4 is 10.2 Å². The fourth-order valence-electron chi connectivity index (χ4n) is 3.96. The molecule has 0 saturated carbocycles. The molecule has 4 heterocycles. The van der Waals surface area contributed by atoms with E-state index in [1.807, 2.05) is 18.2 Å². The van der Waals surface area contributed by atoms with E-state index in [0.717, 1.165) is 54.6 Å². The van der Waals surface area contributed by atoms with Crippen LogP contribution in [0.4, 0.5) is 11.6 Å². The first-order valence-corrected chi connectivity index (χ1v) is 9.71. The molecule has 1 fully saturated rings. The number of fused-ring (bicyclic) bond motifs is 2. The summed E-state index contributed by atoms with van der Waals surface area (Å²) in [5.41, 5.74) is 2.63. The number of hydrogen-bond acceptors (Lipinski definition) is 6. The third-order valence-corrected chi connectivity index (χ3v) is 5.58. The number of benzene rings is 1. The lowest BCUT2D eigenvalue weighted by Gasteiger charge is -2.30. The fraction of sp³-hybridized carbons (Fsp3) is 0.400. The van der Waals surface area contributed by atoms with Crippen molar-refractivity contribution in [1.82, 2.24) is 20.2 Å². The van der Waals surface area contributed by atoms with Crippen LogP contribution in [0.2, 0.25) is 0 Å². The summed E-state index contributed by atoms with van der Waals surface area (Å²) in [6.07, 6.45) is 6.61. The van der Waals surface area contributed by atoms with Gasteiger partial charge in [-0.05, 0) is 31.2 Å². The number of ether oxygens (including phenoxy) is 1. The fourth-order valence-corrected chi connectivity index (χ4v) is 3.96. The van der Waals surface area contributed by atoms with Crippen molar-refractivity contribution >= 4 is 28.4 Å². The second kappa shape index (κ2) is 7.20. The minimum absolute atomic E-state index is 0.0347. The Labute approximate surface area is 162 Å². The second-order valence-corrected chi connectivity index (χ2v) is 7.31. The molecule has 28 heavy (non-hydrogen) atoms. The van der Waals surface area contributed by atoms with Crippen LogP contribution >= 0.6 is 0 Å². The smallest absolute Gasteiger partial charge is 0.247 e. The molecule has 2 aliphatic heterocycles. The number of amides is 1. The number of aromatic nitrogens is 4. The monoisotopic (exact) mass is 378 g/mol. The summed E-state index contributed by atoms with van der Waals surface area (Å²) in [6.45, 7) is 2.54. The van der Waals surface area contributed by atoms with Gasteiger partial charge in [0.2, 0.25) is 5.91 Å². The number of carbonyl (C=O) groups is 1. The standard InChI is InChI=1S/C20H22N6O2/c27-18-12-22-19-20(26(18)7-4-13-5-8-28-9-6-13)24-17(11-21-19)14-2-1-3-16-15(14)10-23-25-16/h1-3,10-11,13H,4-9,12H2,(H,21,22)(H,23,25). The highest BCUT2D eigenvalue weighted by molar-refractivity contribution is 6.01. The molecule has 0 bridgehead atoms. The van der Waals surface area contributed by atoms with Gasteiger partial charge >= 0.3 is 0 Å². The summed E-state index contributed by atoms with van der Waals surface area (Å²) >= 11 is 0. The molecule has 0 radical (unpaired) electrons. The Balaban J connectivity index is 1.47. The van der Waals surface area contributed by atoms with E-state index in [2.05, 4.69) is 20.5 Å². The maximum Gasteiger partial charge on any atom is 0.247 e. The Kier molecular flexibility index (Phi) is 4.40. The molecular formula is C20H22N6O2. The zero-order valence-electron chi connectivity index (χ0n) is 15.5. The quantitative estimate of drug-likeness (QED) is 0.724. The molecule has 0 aliphatic carbocycles. The number of hydrogen-bond donors (Lipinski definition) is 2. The summed E-state index contributed by atoms with van der Waals surface area (Å²) in [7, 11) is 0. The minimum atomic E-state index is 0.0347. The Morgan fingerprint density at radius 3 is 3.00 bits per heavy atom. The van der Waals surface area contributed by atoms with Crippen molar-refractivity contribution < 1.29 is 9.53 Å². The van der Waals surface area contributed by atoms with E-state index in [0.29, 0.717) is 24.1 Å². The predicted octanol–water partition coefficient (Wildman–Crippen LogP) is 2.60. The number of carbonyl (C=O) groups excluding carboxylic acids is 1. The van der Waals surface area contributed by atoms with Gasteiger partial charge in [-0.25, -0.2) is 9.97 Å². The molecule has 1 amide bonds. The highest BCUT2D eigenvalue weighted by Gasteiger charge is 2.28. The lowest BCUT2D eigenvalue weighted by molar-refractivity contribution is -0.117. The Morgan fingerprint density at radius 2 is 2.11 bits per heavy atom. The van der Waals surface area contributed by atoms with Crippen molar-refractivity contribution in [3.05, 3.63) is 30.6 Å². The van der Waals surface area contributed by atoms with E-state index in [1.165, 1.54) is 0 Å². The first kappa shape index (κ1) is 17.1. The number of aromatic amines is 1. The molecule has 3 aromatic rings. The summed E-state index contributed by atoms with van der Waals surface area (Å²) in [4.78, 5) is 23.8. The maximum absolute atomic E-state index is 12.6. The second-order valence-electron chi connectivity index (χ2n) is 7.31. The number of rotatable bonds is 4. The topological polar surface area (TPSA) is 96.0 Å². The largest absolute Gasteiger partial charge is 0.381 e. The SMILES string of the molecule is O=C1CNc2ncc(-c3cccc4[nH]ncc34)nc2N1CCC1CCOCC1. The van der Waals surface area contributed by atoms with Crippen molar-refractivity contribution in [2.24, 2.45) is 5.92 Å². The summed E-state index contributed by atoms with van der Waals surface area (Å²) in [5, 5.41) is 11.2. The molecule has 5 rings (SSSR count). The van der Waals surface area contributed by atoms with Crippen molar-refractivity contribution in [2.45, 2.75) is 19.3 Å². The Morgan fingerprint density at radius 1 is 1.21 bits per heavy atom. The lowest BCUT2D eigenvalue weighted by atomic mass is 9.96. The first-order chi connectivity index (χ1) is 13.8. The van der Waals surface area contributed by atoms with Crippen LogP contribution in [0.15, 0.2) is 30.6 Å². The van der Waals surface area contributed by atoms with Crippen molar-refractivity contribution in [3.8, 4) is 11.3 Å². The highest BCUT2D eigenvalue weighted by Crippen LogP contribution is 2.32. The number of nitrogens with zero attached hydrogens (tertiary/aromatic N) is 4. The highest BCUT2D eigenvalue weighted by atomic mass is 16.5. The van der Waals surface area contributed by atoms with Crippen molar-refractivity contribution in [2.75, 3.05) is 36.5 Å². The third kappa shape index (κ3) is 3.09.